The number of halogens is 3. The number of rotatable bonds is 3. The molecule has 18 heavy (non-hydrogen) atoms. The summed E-state index contributed by atoms with van der Waals surface area (Å²) < 4.78 is 37.3. The van der Waals surface area contributed by atoms with Gasteiger partial charge < -0.3 is 5.73 Å². The molecule has 2 unspecified atom stereocenters. The molecule has 1 aromatic rings. The van der Waals surface area contributed by atoms with E-state index in [2.05, 4.69) is 16.8 Å². The SMILES string of the molecule is CC1CC(CN)CN1Cc1ncc(C(F)(F)F)s1. The van der Waals surface area contributed by atoms with Crippen molar-refractivity contribution in [1.29, 1.82) is 0 Å². The fourth-order valence-corrected chi connectivity index (χ4v) is 3.11. The maximum Gasteiger partial charge on any atom is 0.427 e. The maximum absolute atomic E-state index is 12.4. The van der Waals surface area contributed by atoms with Crippen LogP contribution in [0.25, 0.3) is 0 Å². The Kier molecular flexibility index (Phi) is 3.93. The van der Waals surface area contributed by atoms with Crippen molar-refractivity contribution in [3.8, 4) is 0 Å². The molecule has 0 radical (unpaired) electrons. The van der Waals surface area contributed by atoms with E-state index in [1.54, 1.807) is 0 Å². The van der Waals surface area contributed by atoms with Crippen LogP contribution in [0.15, 0.2) is 6.20 Å². The highest BCUT2D eigenvalue weighted by molar-refractivity contribution is 7.11. The highest BCUT2D eigenvalue weighted by Crippen LogP contribution is 2.34. The van der Waals surface area contributed by atoms with Gasteiger partial charge in [0.2, 0.25) is 0 Å². The number of likely N-dealkylation sites (tertiary alicyclic amines) is 1. The number of nitrogens with zero attached hydrogens (tertiary/aromatic N) is 2. The Morgan fingerprint density at radius 2 is 2.28 bits per heavy atom. The van der Waals surface area contributed by atoms with Gasteiger partial charge in [0.25, 0.3) is 0 Å². The minimum atomic E-state index is -4.29. The summed E-state index contributed by atoms with van der Waals surface area (Å²) in [6.07, 6.45) is -2.36. The standard InChI is InChI=1S/C11H16F3N3S/c1-7-2-8(3-15)5-17(7)6-10-16-4-9(18-10)11(12,13)14/h4,7-8H,2-3,5-6,15H2,1H3. The number of hydrogen-bond donors (Lipinski definition) is 1. The lowest BCUT2D eigenvalue weighted by Gasteiger charge is -2.19. The number of nitrogens with two attached hydrogens (primary N) is 1. The first-order valence-electron chi connectivity index (χ1n) is 5.86. The predicted molar refractivity (Wildman–Crippen MR) is 64.1 cm³/mol. The van der Waals surface area contributed by atoms with E-state index in [0.29, 0.717) is 30.1 Å². The van der Waals surface area contributed by atoms with Crippen LogP contribution in [0.4, 0.5) is 13.2 Å². The fourth-order valence-electron chi connectivity index (χ4n) is 2.30. The lowest BCUT2D eigenvalue weighted by molar-refractivity contribution is -0.134. The van der Waals surface area contributed by atoms with Gasteiger partial charge in [-0.25, -0.2) is 4.98 Å². The molecule has 2 rings (SSSR count). The first-order chi connectivity index (χ1) is 8.40. The number of thiazole rings is 1. The van der Waals surface area contributed by atoms with Crippen molar-refractivity contribution in [1.82, 2.24) is 9.88 Å². The molecule has 0 aliphatic carbocycles. The Morgan fingerprint density at radius 3 is 2.78 bits per heavy atom. The molecule has 3 nitrogen and oxygen atoms in total. The second-order valence-electron chi connectivity index (χ2n) is 4.73. The molecule has 2 heterocycles. The normalized spacial score (nSPS) is 25.8. The van der Waals surface area contributed by atoms with Gasteiger partial charge in [0.15, 0.2) is 0 Å². The Morgan fingerprint density at radius 1 is 1.56 bits per heavy atom. The van der Waals surface area contributed by atoms with Crippen LogP contribution in [0.5, 0.6) is 0 Å². The monoisotopic (exact) mass is 279 g/mol. The summed E-state index contributed by atoms with van der Waals surface area (Å²) in [7, 11) is 0. The molecule has 1 aromatic heterocycles. The Hall–Kier alpha value is -0.660. The molecule has 0 aromatic carbocycles. The lowest BCUT2D eigenvalue weighted by atomic mass is 10.1. The molecule has 0 amide bonds. The van der Waals surface area contributed by atoms with E-state index in [-0.39, 0.29) is 0 Å². The van der Waals surface area contributed by atoms with E-state index in [9.17, 15) is 13.2 Å². The first-order valence-corrected chi connectivity index (χ1v) is 6.67. The molecule has 1 fully saturated rings. The van der Waals surface area contributed by atoms with E-state index >= 15 is 0 Å². The Labute approximate surface area is 108 Å². The van der Waals surface area contributed by atoms with Crippen molar-refractivity contribution in [3.63, 3.8) is 0 Å². The minimum absolute atomic E-state index is 0.358. The molecule has 0 saturated carbocycles. The van der Waals surface area contributed by atoms with Gasteiger partial charge in [0.1, 0.15) is 9.88 Å². The van der Waals surface area contributed by atoms with Crippen molar-refractivity contribution in [2.24, 2.45) is 11.7 Å². The molecule has 0 bridgehead atoms. The maximum atomic E-state index is 12.4. The zero-order valence-corrected chi connectivity index (χ0v) is 10.9. The Bertz CT molecular complexity index is 404. The van der Waals surface area contributed by atoms with Crippen LogP contribution in [0.3, 0.4) is 0 Å². The van der Waals surface area contributed by atoms with Gasteiger partial charge in [-0.05, 0) is 25.8 Å². The third kappa shape index (κ3) is 3.02. The molecule has 1 aliphatic heterocycles. The minimum Gasteiger partial charge on any atom is -0.330 e. The lowest BCUT2D eigenvalue weighted by Crippen LogP contribution is -2.27. The second-order valence-corrected chi connectivity index (χ2v) is 5.85. The van der Waals surface area contributed by atoms with Crippen molar-refractivity contribution >= 4 is 11.3 Å². The van der Waals surface area contributed by atoms with Crippen LogP contribution in [0, 0.1) is 5.92 Å². The van der Waals surface area contributed by atoms with Gasteiger partial charge in [-0.1, -0.05) is 0 Å². The largest absolute Gasteiger partial charge is 0.427 e. The van der Waals surface area contributed by atoms with Crippen molar-refractivity contribution in [2.75, 3.05) is 13.1 Å². The molecule has 102 valence electrons. The Balaban J connectivity index is 2.00. The van der Waals surface area contributed by atoms with E-state index in [1.165, 1.54) is 0 Å². The van der Waals surface area contributed by atoms with Crippen LogP contribution < -0.4 is 5.73 Å². The molecular weight excluding hydrogens is 263 g/mol. The summed E-state index contributed by atoms with van der Waals surface area (Å²) in [4.78, 5) is 5.38. The van der Waals surface area contributed by atoms with E-state index in [1.807, 2.05) is 0 Å². The third-order valence-corrected chi connectivity index (χ3v) is 4.32. The molecule has 7 heteroatoms. The van der Waals surface area contributed by atoms with Gasteiger partial charge in [-0.2, -0.15) is 13.2 Å². The molecular formula is C11H16F3N3S. The number of aromatic nitrogens is 1. The first kappa shape index (κ1) is 13.8. The molecule has 1 aliphatic rings. The van der Waals surface area contributed by atoms with Crippen LogP contribution in [0.1, 0.15) is 23.2 Å². The number of hydrogen-bond acceptors (Lipinski definition) is 4. The van der Waals surface area contributed by atoms with Crippen molar-refractivity contribution in [2.45, 2.75) is 32.1 Å². The summed E-state index contributed by atoms with van der Waals surface area (Å²) >= 11 is 0.729. The second kappa shape index (κ2) is 5.14. The summed E-state index contributed by atoms with van der Waals surface area (Å²) in [6, 6.07) is 0.358. The zero-order chi connectivity index (χ0) is 13.3. The van der Waals surface area contributed by atoms with Gasteiger partial charge >= 0.3 is 6.18 Å². The molecule has 1 saturated heterocycles. The van der Waals surface area contributed by atoms with E-state index < -0.39 is 11.1 Å². The van der Waals surface area contributed by atoms with Crippen molar-refractivity contribution in [3.05, 3.63) is 16.1 Å². The van der Waals surface area contributed by atoms with Gasteiger partial charge in [-0.15, -0.1) is 11.3 Å². The summed E-state index contributed by atoms with van der Waals surface area (Å²) in [5.41, 5.74) is 5.62. The highest BCUT2D eigenvalue weighted by atomic mass is 32.1. The zero-order valence-electron chi connectivity index (χ0n) is 10.1. The molecule has 0 spiro atoms. The summed E-state index contributed by atoms with van der Waals surface area (Å²) in [6.45, 7) is 4.04. The topological polar surface area (TPSA) is 42.1 Å². The van der Waals surface area contributed by atoms with Crippen molar-refractivity contribution < 1.29 is 13.2 Å². The van der Waals surface area contributed by atoms with Crippen LogP contribution >= 0.6 is 11.3 Å². The van der Waals surface area contributed by atoms with Crippen LogP contribution in [-0.2, 0) is 12.7 Å². The van der Waals surface area contributed by atoms with Crippen LogP contribution in [-0.4, -0.2) is 29.0 Å². The predicted octanol–water partition coefficient (Wildman–Crippen LogP) is 2.33. The van der Waals surface area contributed by atoms with Gasteiger partial charge in [-0.3, -0.25) is 4.90 Å². The van der Waals surface area contributed by atoms with Crippen LogP contribution in [0.2, 0.25) is 0 Å². The summed E-state index contributed by atoms with van der Waals surface area (Å²) in [5, 5.41) is 0.520. The number of alkyl halides is 3. The average Bonchev–Trinajstić information content (AvgIpc) is 2.86. The smallest absolute Gasteiger partial charge is 0.330 e. The quantitative estimate of drug-likeness (QED) is 0.923. The third-order valence-electron chi connectivity index (χ3n) is 3.30. The molecule has 2 atom stereocenters. The fraction of sp³-hybridized carbons (Fsp3) is 0.727. The van der Waals surface area contributed by atoms with E-state index in [0.717, 1.165) is 30.5 Å². The molecule has 2 N–H and O–H groups in total. The van der Waals surface area contributed by atoms with Gasteiger partial charge in [0.05, 0.1) is 12.7 Å². The average molecular weight is 279 g/mol. The highest BCUT2D eigenvalue weighted by Gasteiger charge is 2.34. The summed E-state index contributed by atoms with van der Waals surface area (Å²) in [5.74, 6) is 0.446. The van der Waals surface area contributed by atoms with Gasteiger partial charge in [0, 0.05) is 12.6 Å². The van der Waals surface area contributed by atoms with E-state index in [4.69, 9.17) is 5.73 Å².